The number of carbonyl (C=O) groups excluding carboxylic acids is 1. The van der Waals surface area contributed by atoms with E-state index in [4.69, 9.17) is 10.5 Å². The van der Waals surface area contributed by atoms with Crippen LogP contribution in [-0.4, -0.2) is 5.78 Å². The molecular formula is C38H37N3O2. The lowest BCUT2D eigenvalue weighted by Gasteiger charge is -2.44. The number of nitriles is 1. The number of aryl methyl sites for hydroxylation is 2. The molecule has 4 aromatic rings. The summed E-state index contributed by atoms with van der Waals surface area (Å²) >= 11 is 0. The van der Waals surface area contributed by atoms with Crippen molar-refractivity contribution in [1.29, 1.82) is 5.26 Å². The first-order valence-corrected chi connectivity index (χ1v) is 14.8. The van der Waals surface area contributed by atoms with Crippen LogP contribution in [0.3, 0.4) is 0 Å². The lowest BCUT2D eigenvalue weighted by atomic mass is 9.67. The van der Waals surface area contributed by atoms with Crippen molar-refractivity contribution >= 4 is 22.2 Å². The van der Waals surface area contributed by atoms with E-state index < -0.39 is 5.92 Å². The molecule has 0 amide bonds. The summed E-state index contributed by atoms with van der Waals surface area (Å²) < 4.78 is 6.18. The summed E-state index contributed by atoms with van der Waals surface area (Å²) in [5.41, 5.74) is 14.8. The molecule has 0 fully saturated rings. The second-order valence-electron chi connectivity index (χ2n) is 12.7. The maximum Gasteiger partial charge on any atom is 0.162 e. The van der Waals surface area contributed by atoms with Crippen LogP contribution in [0.1, 0.15) is 60.4 Å². The van der Waals surface area contributed by atoms with E-state index in [0.29, 0.717) is 36.4 Å². The number of fused-ring (bicyclic) bond motifs is 1. The van der Waals surface area contributed by atoms with Gasteiger partial charge in [-0.05, 0) is 72.9 Å². The van der Waals surface area contributed by atoms with Crippen LogP contribution in [0, 0.1) is 37.5 Å². The van der Waals surface area contributed by atoms with Crippen molar-refractivity contribution in [3.05, 3.63) is 129 Å². The van der Waals surface area contributed by atoms with Gasteiger partial charge in [0.15, 0.2) is 5.78 Å². The zero-order valence-corrected chi connectivity index (χ0v) is 25.5. The molecule has 0 bridgehead atoms. The van der Waals surface area contributed by atoms with Crippen LogP contribution < -0.4 is 15.4 Å². The Bertz CT molecular complexity index is 1870. The van der Waals surface area contributed by atoms with Gasteiger partial charge in [0.25, 0.3) is 0 Å². The van der Waals surface area contributed by atoms with E-state index in [2.05, 4.69) is 64.1 Å². The summed E-state index contributed by atoms with van der Waals surface area (Å²) in [5.74, 6) is 0.701. The van der Waals surface area contributed by atoms with Crippen molar-refractivity contribution in [2.45, 2.75) is 60.0 Å². The van der Waals surface area contributed by atoms with Gasteiger partial charge in [0, 0.05) is 23.1 Å². The first-order chi connectivity index (χ1) is 20.6. The second-order valence-corrected chi connectivity index (χ2v) is 12.7. The Morgan fingerprint density at radius 2 is 1.67 bits per heavy atom. The molecule has 0 aromatic heterocycles. The number of anilines is 1. The van der Waals surface area contributed by atoms with Gasteiger partial charge in [-0.2, -0.15) is 5.26 Å². The number of carbonyl (C=O) groups is 1. The number of Topliss-reactive ketones (excluding diaryl/α,β-unsaturated/α-hetero) is 1. The van der Waals surface area contributed by atoms with Gasteiger partial charge in [0.05, 0.1) is 23.2 Å². The summed E-state index contributed by atoms with van der Waals surface area (Å²) in [6, 6.07) is 28.9. The molecule has 5 heteroatoms. The number of nitrogens with zero attached hydrogens (tertiary/aromatic N) is 2. The van der Waals surface area contributed by atoms with E-state index >= 15 is 0 Å². The van der Waals surface area contributed by atoms with Gasteiger partial charge in [-0.1, -0.05) is 85.6 Å². The number of ether oxygens (including phenoxy) is 1. The predicted octanol–water partition coefficient (Wildman–Crippen LogP) is 8.28. The average molecular weight is 568 g/mol. The molecule has 1 aliphatic carbocycles. The number of ketones is 1. The van der Waals surface area contributed by atoms with Crippen molar-refractivity contribution in [2.75, 3.05) is 4.90 Å². The van der Waals surface area contributed by atoms with E-state index in [1.165, 1.54) is 5.56 Å². The Labute approximate surface area is 253 Å². The van der Waals surface area contributed by atoms with Crippen molar-refractivity contribution in [2.24, 2.45) is 11.1 Å². The minimum atomic E-state index is -0.548. The molecule has 1 atom stereocenters. The van der Waals surface area contributed by atoms with Crippen molar-refractivity contribution in [3.8, 4) is 11.8 Å². The highest BCUT2D eigenvalue weighted by molar-refractivity contribution is 6.03. The Kier molecular flexibility index (Phi) is 7.10. The van der Waals surface area contributed by atoms with Crippen LogP contribution in [0.4, 0.5) is 5.69 Å². The first-order valence-electron chi connectivity index (χ1n) is 14.8. The number of rotatable bonds is 5. The van der Waals surface area contributed by atoms with Crippen LogP contribution in [0.2, 0.25) is 0 Å². The Morgan fingerprint density at radius 1 is 0.953 bits per heavy atom. The molecule has 5 nitrogen and oxygen atoms in total. The smallest absolute Gasteiger partial charge is 0.162 e. The number of nitrogens with two attached hydrogens (primary N) is 1. The quantitative estimate of drug-likeness (QED) is 0.262. The van der Waals surface area contributed by atoms with Crippen molar-refractivity contribution < 1.29 is 9.53 Å². The first kappa shape index (κ1) is 28.3. The van der Waals surface area contributed by atoms with Crippen molar-refractivity contribution in [3.63, 3.8) is 0 Å². The summed E-state index contributed by atoms with van der Waals surface area (Å²) in [6.45, 7) is 10.8. The van der Waals surface area contributed by atoms with Crippen LogP contribution >= 0.6 is 0 Å². The molecule has 1 unspecified atom stereocenters. The van der Waals surface area contributed by atoms with Gasteiger partial charge in [-0.3, -0.25) is 9.69 Å². The molecule has 2 aliphatic rings. The number of benzene rings is 4. The van der Waals surface area contributed by atoms with Gasteiger partial charge in [-0.25, -0.2) is 0 Å². The monoisotopic (exact) mass is 567 g/mol. The van der Waals surface area contributed by atoms with Crippen LogP contribution in [0.25, 0.3) is 10.8 Å². The van der Waals surface area contributed by atoms with Crippen LogP contribution in [-0.2, 0) is 11.4 Å². The summed E-state index contributed by atoms with van der Waals surface area (Å²) in [4.78, 5) is 16.2. The lowest BCUT2D eigenvalue weighted by molar-refractivity contribution is -0.118. The second kappa shape index (κ2) is 10.8. The van der Waals surface area contributed by atoms with Gasteiger partial charge in [0.1, 0.15) is 18.2 Å². The predicted molar refractivity (Wildman–Crippen MR) is 172 cm³/mol. The molecular weight excluding hydrogens is 530 g/mol. The fraction of sp³-hybridized carbons (Fsp3) is 0.263. The van der Waals surface area contributed by atoms with Crippen LogP contribution in [0.15, 0.2) is 102 Å². The minimum Gasteiger partial charge on any atom is -0.489 e. The highest BCUT2D eigenvalue weighted by atomic mass is 16.5. The molecule has 1 aliphatic heterocycles. The summed E-state index contributed by atoms with van der Waals surface area (Å²) in [5, 5.41) is 12.8. The molecule has 0 saturated heterocycles. The average Bonchev–Trinajstić information content (AvgIpc) is 2.97. The third-order valence-electron chi connectivity index (χ3n) is 8.81. The Hall–Kier alpha value is -4.82. The molecule has 216 valence electrons. The van der Waals surface area contributed by atoms with Gasteiger partial charge in [-0.15, -0.1) is 0 Å². The topological polar surface area (TPSA) is 79.3 Å². The zero-order chi connectivity index (χ0) is 30.5. The Morgan fingerprint density at radius 3 is 2.42 bits per heavy atom. The summed E-state index contributed by atoms with van der Waals surface area (Å²) in [6.07, 6.45) is 1.08. The minimum absolute atomic E-state index is 0.0695. The molecule has 0 radical (unpaired) electrons. The van der Waals surface area contributed by atoms with E-state index in [1.54, 1.807) is 0 Å². The van der Waals surface area contributed by atoms with E-state index in [9.17, 15) is 10.1 Å². The fourth-order valence-corrected chi connectivity index (χ4v) is 6.71. The number of hydrogen-bond donors (Lipinski definition) is 1. The molecule has 0 saturated carbocycles. The molecule has 6 rings (SSSR count). The van der Waals surface area contributed by atoms with Gasteiger partial charge < -0.3 is 10.5 Å². The fourth-order valence-electron chi connectivity index (χ4n) is 6.71. The number of allylic oxidation sites excluding steroid dienone is 3. The standard InChI is InChI=1S/C38H37N3O2/c1-23-13-15-28(16-14-23)43-22-27-17-24(2)18-30(25(27)3)35-31(21-39)37(40)41(33-19-38(4,5)20-34(42)36(33)35)32-12-8-10-26-9-6-7-11-29(26)32/h6-18,35H,19-20,22,40H2,1-5H3. The normalized spacial score (nSPS) is 18.1. The highest BCUT2D eigenvalue weighted by Gasteiger charge is 2.45. The Balaban J connectivity index is 1.53. The third-order valence-corrected chi connectivity index (χ3v) is 8.81. The molecule has 43 heavy (non-hydrogen) atoms. The summed E-state index contributed by atoms with van der Waals surface area (Å²) in [7, 11) is 0. The highest BCUT2D eigenvalue weighted by Crippen LogP contribution is 2.51. The molecule has 2 N–H and O–H groups in total. The lowest BCUT2D eigenvalue weighted by Crippen LogP contribution is -2.42. The van der Waals surface area contributed by atoms with E-state index in [0.717, 1.165) is 50.2 Å². The number of hydrogen-bond acceptors (Lipinski definition) is 5. The SMILES string of the molecule is Cc1ccc(OCc2cc(C)cc(C3C(C#N)=C(N)N(c4cccc5ccccc45)C4=C3C(=O)CC(C)(C)C4)c2C)cc1. The maximum absolute atomic E-state index is 14.2. The maximum atomic E-state index is 14.2. The third kappa shape index (κ3) is 5.08. The van der Waals surface area contributed by atoms with Gasteiger partial charge in [0.2, 0.25) is 0 Å². The molecule has 1 heterocycles. The zero-order valence-electron chi connectivity index (χ0n) is 25.5. The molecule has 0 spiro atoms. The molecule has 4 aromatic carbocycles. The van der Waals surface area contributed by atoms with E-state index in [1.807, 2.05) is 60.4 Å². The van der Waals surface area contributed by atoms with E-state index in [-0.39, 0.29) is 11.2 Å². The van der Waals surface area contributed by atoms with Gasteiger partial charge >= 0.3 is 0 Å². The van der Waals surface area contributed by atoms with Crippen LogP contribution in [0.5, 0.6) is 5.75 Å². The van der Waals surface area contributed by atoms with Crippen molar-refractivity contribution in [1.82, 2.24) is 0 Å². The largest absolute Gasteiger partial charge is 0.489 e.